The van der Waals surface area contributed by atoms with Crippen molar-refractivity contribution in [3.63, 3.8) is 0 Å². The average molecular weight is 233 g/mol. The van der Waals surface area contributed by atoms with E-state index in [1.165, 1.54) is 18.5 Å². The Labute approximate surface area is 86.9 Å². The summed E-state index contributed by atoms with van der Waals surface area (Å²) in [6, 6.07) is 2.64. The van der Waals surface area contributed by atoms with Crippen LogP contribution in [0.3, 0.4) is 0 Å². The molecule has 0 spiro atoms. The molecule has 80 valence electrons. The highest BCUT2D eigenvalue weighted by molar-refractivity contribution is 8.00. The Hall–Kier alpha value is -1.37. The highest BCUT2D eigenvalue weighted by Gasteiger charge is 2.29. The molecule has 0 aliphatic rings. The number of anilines is 1. The van der Waals surface area contributed by atoms with Crippen LogP contribution in [-0.2, 0) is 0 Å². The van der Waals surface area contributed by atoms with Crippen LogP contribution in [0.5, 0.6) is 0 Å². The maximum absolute atomic E-state index is 12.1. The summed E-state index contributed by atoms with van der Waals surface area (Å²) >= 11 is -0.195. The van der Waals surface area contributed by atoms with Gasteiger partial charge in [0, 0.05) is 4.90 Å². The number of imidazole rings is 1. The Bertz CT molecular complexity index is 491. The first-order valence-corrected chi connectivity index (χ1v) is 4.76. The fourth-order valence-electron chi connectivity index (χ4n) is 1.24. The van der Waals surface area contributed by atoms with E-state index >= 15 is 0 Å². The van der Waals surface area contributed by atoms with Gasteiger partial charge < -0.3 is 10.7 Å². The standard InChI is InChI=1S/C8H6F3N3S/c9-8(10,11)15-4-1-5(12)7-6(2-4)13-3-14-7/h1-3H,12H2,(H,13,14). The van der Waals surface area contributed by atoms with Crippen molar-refractivity contribution in [1.82, 2.24) is 9.97 Å². The maximum Gasteiger partial charge on any atom is 0.446 e. The molecule has 0 radical (unpaired) electrons. The van der Waals surface area contributed by atoms with Gasteiger partial charge in [0.05, 0.1) is 17.5 Å². The van der Waals surface area contributed by atoms with Gasteiger partial charge >= 0.3 is 5.51 Å². The van der Waals surface area contributed by atoms with Crippen molar-refractivity contribution in [1.29, 1.82) is 0 Å². The summed E-state index contributed by atoms with van der Waals surface area (Å²) in [5, 5.41) is 0. The average Bonchev–Trinajstić information content (AvgIpc) is 2.48. The van der Waals surface area contributed by atoms with Crippen LogP contribution in [0.4, 0.5) is 18.9 Å². The van der Waals surface area contributed by atoms with Gasteiger partial charge in [-0.15, -0.1) is 0 Å². The lowest BCUT2D eigenvalue weighted by Gasteiger charge is -2.06. The lowest BCUT2D eigenvalue weighted by atomic mass is 10.3. The van der Waals surface area contributed by atoms with Gasteiger partial charge in [-0.25, -0.2) is 4.98 Å². The lowest BCUT2D eigenvalue weighted by Crippen LogP contribution is -1.99. The Kier molecular flexibility index (Phi) is 2.26. The number of nitrogens with one attached hydrogen (secondary N) is 1. The number of hydrogen-bond donors (Lipinski definition) is 2. The number of nitrogen functional groups attached to an aromatic ring is 1. The van der Waals surface area contributed by atoms with E-state index in [9.17, 15) is 13.2 Å². The molecular formula is C8H6F3N3S. The molecule has 0 saturated carbocycles. The number of alkyl halides is 3. The van der Waals surface area contributed by atoms with Gasteiger partial charge in [0.15, 0.2) is 0 Å². The minimum Gasteiger partial charge on any atom is -0.397 e. The molecule has 1 aromatic heterocycles. The fraction of sp³-hybridized carbons (Fsp3) is 0.125. The SMILES string of the molecule is Nc1cc(SC(F)(F)F)cc2[nH]cnc12. The fourth-order valence-corrected chi connectivity index (χ4v) is 1.87. The van der Waals surface area contributed by atoms with E-state index in [-0.39, 0.29) is 22.3 Å². The molecular weight excluding hydrogens is 227 g/mol. The van der Waals surface area contributed by atoms with E-state index in [0.29, 0.717) is 11.0 Å². The number of nitrogens with two attached hydrogens (primary N) is 1. The topological polar surface area (TPSA) is 54.7 Å². The number of H-pyrrole nitrogens is 1. The number of thioether (sulfide) groups is 1. The summed E-state index contributed by atoms with van der Waals surface area (Å²) in [6.45, 7) is 0. The number of benzene rings is 1. The molecule has 2 rings (SSSR count). The summed E-state index contributed by atoms with van der Waals surface area (Å²) in [5.74, 6) is 0. The smallest absolute Gasteiger partial charge is 0.397 e. The van der Waals surface area contributed by atoms with Crippen molar-refractivity contribution in [3.8, 4) is 0 Å². The summed E-state index contributed by atoms with van der Waals surface area (Å²) in [6.07, 6.45) is 1.39. The zero-order valence-electron chi connectivity index (χ0n) is 7.30. The predicted octanol–water partition coefficient (Wildman–Crippen LogP) is 2.76. The summed E-state index contributed by atoms with van der Waals surface area (Å²) in [5.41, 5.74) is 2.48. The quantitative estimate of drug-likeness (QED) is 0.588. The van der Waals surface area contributed by atoms with Gasteiger partial charge in [0.2, 0.25) is 0 Å². The zero-order chi connectivity index (χ0) is 11.1. The van der Waals surface area contributed by atoms with Crippen LogP contribution in [0.25, 0.3) is 11.0 Å². The number of rotatable bonds is 1. The molecule has 15 heavy (non-hydrogen) atoms. The molecule has 3 nitrogen and oxygen atoms in total. The van der Waals surface area contributed by atoms with Gasteiger partial charge in [0.1, 0.15) is 5.52 Å². The molecule has 0 aliphatic carbocycles. The molecule has 0 aliphatic heterocycles. The highest BCUT2D eigenvalue weighted by Crippen LogP contribution is 2.38. The van der Waals surface area contributed by atoms with Gasteiger partial charge in [-0.05, 0) is 23.9 Å². The number of fused-ring (bicyclic) bond motifs is 1. The second-order valence-corrected chi connectivity index (χ2v) is 4.00. The minimum atomic E-state index is -4.31. The Balaban J connectivity index is 2.45. The summed E-state index contributed by atoms with van der Waals surface area (Å²) < 4.78 is 36.3. The zero-order valence-corrected chi connectivity index (χ0v) is 8.12. The van der Waals surface area contributed by atoms with Crippen molar-refractivity contribution < 1.29 is 13.2 Å². The molecule has 7 heteroatoms. The van der Waals surface area contributed by atoms with Crippen LogP contribution in [0.1, 0.15) is 0 Å². The lowest BCUT2D eigenvalue weighted by molar-refractivity contribution is -0.0328. The van der Waals surface area contributed by atoms with Crippen LogP contribution in [0.15, 0.2) is 23.4 Å². The summed E-state index contributed by atoms with van der Waals surface area (Å²) in [7, 11) is 0. The number of halogens is 3. The second kappa shape index (κ2) is 3.34. The summed E-state index contributed by atoms with van der Waals surface area (Å²) in [4.78, 5) is 6.65. The van der Waals surface area contributed by atoms with Gasteiger partial charge in [-0.1, -0.05) is 0 Å². The van der Waals surface area contributed by atoms with E-state index < -0.39 is 5.51 Å². The molecule has 1 aromatic carbocycles. The Morgan fingerprint density at radius 2 is 2.07 bits per heavy atom. The third-order valence-electron chi connectivity index (χ3n) is 1.76. The molecule has 0 fully saturated rings. The van der Waals surface area contributed by atoms with Gasteiger partial charge in [-0.2, -0.15) is 13.2 Å². The third-order valence-corrected chi connectivity index (χ3v) is 2.46. The van der Waals surface area contributed by atoms with Crippen molar-refractivity contribution in [2.45, 2.75) is 10.4 Å². The first kappa shape index (κ1) is 10.2. The van der Waals surface area contributed by atoms with Gasteiger partial charge in [0.25, 0.3) is 0 Å². The molecule has 2 aromatic rings. The van der Waals surface area contributed by atoms with E-state index in [1.54, 1.807) is 0 Å². The van der Waals surface area contributed by atoms with E-state index in [4.69, 9.17) is 5.73 Å². The number of nitrogens with zero attached hydrogens (tertiary/aromatic N) is 1. The van der Waals surface area contributed by atoms with Crippen LogP contribution in [0, 0.1) is 0 Å². The second-order valence-electron chi connectivity index (χ2n) is 2.86. The van der Waals surface area contributed by atoms with Crippen molar-refractivity contribution >= 4 is 28.5 Å². The molecule has 0 bridgehead atoms. The highest BCUT2D eigenvalue weighted by atomic mass is 32.2. The van der Waals surface area contributed by atoms with Crippen LogP contribution in [0.2, 0.25) is 0 Å². The normalized spacial score (nSPS) is 12.2. The molecule has 0 atom stereocenters. The molecule has 3 N–H and O–H groups in total. The molecule has 0 amide bonds. The Morgan fingerprint density at radius 3 is 2.73 bits per heavy atom. The first-order valence-electron chi connectivity index (χ1n) is 3.94. The van der Waals surface area contributed by atoms with E-state index in [1.807, 2.05) is 0 Å². The van der Waals surface area contributed by atoms with Crippen molar-refractivity contribution in [2.24, 2.45) is 0 Å². The van der Waals surface area contributed by atoms with Crippen LogP contribution in [-0.4, -0.2) is 15.5 Å². The van der Waals surface area contributed by atoms with Crippen molar-refractivity contribution in [3.05, 3.63) is 18.5 Å². The largest absolute Gasteiger partial charge is 0.446 e. The monoisotopic (exact) mass is 233 g/mol. The van der Waals surface area contributed by atoms with E-state index in [2.05, 4.69) is 9.97 Å². The number of hydrogen-bond acceptors (Lipinski definition) is 3. The minimum absolute atomic E-state index is 0.0525. The molecule has 0 unspecified atom stereocenters. The Morgan fingerprint density at radius 1 is 1.33 bits per heavy atom. The van der Waals surface area contributed by atoms with Crippen LogP contribution < -0.4 is 5.73 Å². The molecule has 0 saturated heterocycles. The maximum atomic E-state index is 12.1. The van der Waals surface area contributed by atoms with E-state index in [0.717, 1.165) is 0 Å². The first-order chi connectivity index (χ1) is 6.96. The predicted molar refractivity (Wildman–Crippen MR) is 52.4 cm³/mol. The van der Waals surface area contributed by atoms with Crippen molar-refractivity contribution in [2.75, 3.05) is 5.73 Å². The van der Waals surface area contributed by atoms with Gasteiger partial charge in [-0.3, -0.25) is 0 Å². The number of aromatic amines is 1. The van der Waals surface area contributed by atoms with Crippen LogP contribution >= 0.6 is 11.8 Å². The molecule has 1 heterocycles. The number of aromatic nitrogens is 2. The third kappa shape index (κ3) is 2.17.